The first kappa shape index (κ1) is 24.2. The van der Waals surface area contributed by atoms with Gasteiger partial charge >= 0.3 is 0 Å². The number of fused-ring (bicyclic) bond motifs is 1. The normalized spacial score (nSPS) is 26.9. The predicted molar refractivity (Wildman–Crippen MR) is 114 cm³/mol. The van der Waals surface area contributed by atoms with Crippen LogP contribution in [0.4, 0.5) is 0 Å². The van der Waals surface area contributed by atoms with Crippen LogP contribution in [0.3, 0.4) is 0 Å². The van der Waals surface area contributed by atoms with Gasteiger partial charge in [-0.3, -0.25) is 9.59 Å². The zero-order valence-electron chi connectivity index (χ0n) is 18.6. The fraction of sp³-hybridized carbons (Fsp3) is 0.636. The van der Waals surface area contributed by atoms with Crippen molar-refractivity contribution in [1.82, 2.24) is 10.6 Å². The Morgan fingerprint density at radius 3 is 1.84 bits per heavy atom. The molecule has 10 nitrogen and oxygen atoms in total. The Labute approximate surface area is 187 Å². The summed E-state index contributed by atoms with van der Waals surface area (Å²) in [4.78, 5) is 24.9. The lowest BCUT2D eigenvalue weighted by atomic mass is 9.88. The maximum Gasteiger partial charge on any atom is 0.250 e. The monoisotopic (exact) mass is 452 g/mol. The number of carbonyl (C=O) groups excluding carboxylic acids is 2. The summed E-state index contributed by atoms with van der Waals surface area (Å²) in [6.07, 6.45) is 0. The lowest BCUT2D eigenvalue weighted by Crippen LogP contribution is -2.65. The van der Waals surface area contributed by atoms with Crippen LogP contribution < -0.4 is 20.1 Å². The minimum Gasteiger partial charge on any atom is -0.487 e. The summed E-state index contributed by atoms with van der Waals surface area (Å²) >= 11 is 0. The van der Waals surface area contributed by atoms with Crippen molar-refractivity contribution >= 4 is 11.8 Å². The van der Waals surface area contributed by atoms with Gasteiger partial charge in [-0.2, -0.15) is 0 Å². The number of hydrogen-bond donors (Lipinski definition) is 2. The summed E-state index contributed by atoms with van der Waals surface area (Å²) < 4.78 is 33.6. The van der Waals surface area contributed by atoms with E-state index in [1.807, 2.05) is 0 Å². The van der Waals surface area contributed by atoms with E-state index in [-0.39, 0.29) is 18.4 Å². The van der Waals surface area contributed by atoms with Crippen LogP contribution >= 0.6 is 0 Å². The van der Waals surface area contributed by atoms with Gasteiger partial charge in [0, 0.05) is 0 Å². The lowest BCUT2D eigenvalue weighted by Gasteiger charge is -2.36. The number of carbonyl (C=O) groups is 2. The molecule has 2 aliphatic rings. The van der Waals surface area contributed by atoms with Gasteiger partial charge in [-0.05, 0) is 31.5 Å². The van der Waals surface area contributed by atoms with Gasteiger partial charge in [-0.15, -0.1) is 0 Å². The molecule has 0 spiro atoms. The molecule has 2 atom stereocenters. The maximum absolute atomic E-state index is 12.7. The summed E-state index contributed by atoms with van der Waals surface area (Å²) in [6, 6.07) is 4.60. The zero-order valence-corrected chi connectivity index (χ0v) is 18.6. The van der Waals surface area contributed by atoms with Gasteiger partial charge in [-0.25, -0.2) is 0 Å². The van der Waals surface area contributed by atoms with Crippen molar-refractivity contribution in [1.29, 1.82) is 0 Å². The molecule has 0 saturated carbocycles. The van der Waals surface area contributed by atoms with E-state index in [1.165, 1.54) is 0 Å². The van der Waals surface area contributed by atoms with Crippen molar-refractivity contribution in [2.75, 3.05) is 66.1 Å². The summed E-state index contributed by atoms with van der Waals surface area (Å²) in [6.45, 7) is 7.51. The van der Waals surface area contributed by atoms with Crippen molar-refractivity contribution in [3.63, 3.8) is 0 Å². The molecule has 1 aromatic carbocycles. The lowest BCUT2D eigenvalue weighted by molar-refractivity contribution is -0.140. The first-order chi connectivity index (χ1) is 15.5. The summed E-state index contributed by atoms with van der Waals surface area (Å²) in [5, 5.41) is 5.51. The number of ether oxygens (including phenoxy) is 6. The average molecular weight is 453 g/mol. The molecule has 0 radical (unpaired) electrons. The van der Waals surface area contributed by atoms with E-state index >= 15 is 0 Å². The van der Waals surface area contributed by atoms with E-state index in [1.54, 1.807) is 32.0 Å². The molecule has 178 valence electrons. The fourth-order valence-electron chi connectivity index (χ4n) is 3.26. The van der Waals surface area contributed by atoms with Crippen molar-refractivity contribution in [3.8, 4) is 11.5 Å². The molecular weight excluding hydrogens is 420 g/mol. The Morgan fingerprint density at radius 1 is 0.781 bits per heavy atom. The van der Waals surface area contributed by atoms with Crippen LogP contribution in [0.1, 0.15) is 19.4 Å². The minimum atomic E-state index is -1.22. The van der Waals surface area contributed by atoms with E-state index < -0.39 is 11.6 Å². The maximum atomic E-state index is 12.7. The highest BCUT2D eigenvalue weighted by Crippen LogP contribution is 2.34. The van der Waals surface area contributed by atoms with Crippen LogP contribution in [-0.4, -0.2) is 83.9 Å². The second-order valence-corrected chi connectivity index (χ2v) is 7.62. The van der Waals surface area contributed by atoms with E-state index in [4.69, 9.17) is 28.4 Å². The third kappa shape index (κ3) is 6.55. The van der Waals surface area contributed by atoms with Gasteiger partial charge in [0.05, 0.1) is 52.9 Å². The SMILES string of the molecule is C[C@@H]1NC(=O)[C@](C)(c2ccc3c(c2)OCCOCCOCCOCCOCCO3)NC1=O. The summed E-state index contributed by atoms with van der Waals surface area (Å²) in [7, 11) is 0. The largest absolute Gasteiger partial charge is 0.487 e. The Bertz CT molecular complexity index is 774. The van der Waals surface area contributed by atoms with E-state index in [0.29, 0.717) is 76.5 Å². The molecule has 1 fully saturated rings. The Hall–Kier alpha value is -2.40. The number of benzene rings is 1. The molecular formula is C22H32N2O8. The molecule has 2 heterocycles. The molecule has 2 aliphatic heterocycles. The Balaban J connectivity index is 1.72. The van der Waals surface area contributed by atoms with E-state index in [2.05, 4.69) is 10.6 Å². The highest BCUT2D eigenvalue weighted by atomic mass is 16.6. The average Bonchev–Trinajstić information content (AvgIpc) is 2.77. The molecule has 0 unspecified atom stereocenters. The molecule has 1 saturated heterocycles. The van der Waals surface area contributed by atoms with E-state index in [9.17, 15) is 9.59 Å². The molecule has 3 rings (SSSR count). The van der Waals surface area contributed by atoms with Crippen molar-refractivity contribution in [2.24, 2.45) is 0 Å². The third-order valence-electron chi connectivity index (χ3n) is 5.18. The third-order valence-corrected chi connectivity index (χ3v) is 5.18. The number of piperazine rings is 1. The number of rotatable bonds is 1. The van der Waals surface area contributed by atoms with Gasteiger partial charge in [-0.1, -0.05) is 6.07 Å². The summed E-state index contributed by atoms with van der Waals surface area (Å²) in [5.74, 6) is 0.427. The zero-order chi connectivity index (χ0) is 22.8. The van der Waals surface area contributed by atoms with Crippen molar-refractivity contribution in [3.05, 3.63) is 23.8 Å². The molecule has 0 bridgehead atoms. The predicted octanol–water partition coefficient (Wildman–Crippen LogP) is 0.374. The fourth-order valence-corrected chi connectivity index (χ4v) is 3.26. The molecule has 2 amide bonds. The van der Waals surface area contributed by atoms with Crippen molar-refractivity contribution in [2.45, 2.75) is 25.4 Å². The van der Waals surface area contributed by atoms with Crippen LogP contribution in [0.15, 0.2) is 18.2 Å². The second kappa shape index (κ2) is 12.0. The Kier molecular flexibility index (Phi) is 9.10. The van der Waals surface area contributed by atoms with Crippen LogP contribution in [0.5, 0.6) is 11.5 Å². The first-order valence-electron chi connectivity index (χ1n) is 10.8. The summed E-state index contributed by atoms with van der Waals surface area (Å²) in [5.41, 5.74) is -0.632. The molecule has 10 heteroatoms. The van der Waals surface area contributed by atoms with E-state index in [0.717, 1.165) is 0 Å². The highest BCUT2D eigenvalue weighted by molar-refractivity contribution is 6.00. The number of nitrogens with one attached hydrogen (secondary N) is 2. The van der Waals surface area contributed by atoms with Crippen LogP contribution in [0.25, 0.3) is 0 Å². The molecule has 0 aromatic heterocycles. The van der Waals surface area contributed by atoms with Gasteiger partial charge in [0.25, 0.3) is 5.91 Å². The quantitative estimate of drug-likeness (QED) is 0.629. The van der Waals surface area contributed by atoms with Crippen LogP contribution in [0.2, 0.25) is 0 Å². The number of hydrogen-bond acceptors (Lipinski definition) is 8. The highest BCUT2D eigenvalue weighted by Gasteiger charge is 2.43. The smallest absolute Gasteiger partial charge is 0.250 e. The van der Waals surface area contributed by atoms with Gasteiger partial charge < -0.3 is 39.1 Å². The number of amides is 2. The van der Waals surface area contributed by atoms with Gasteiger partial charge in [0.2, 0.25) is 5.91 Å². The van der Waals surface area contributed by atoms with Gasteiger partial charge in [0.15, 0.2) is 11.5 Å². The molecule has 1 aromatic rings. The molecule has 32 heavy (non-hydrogen) atoms. The standard InChI is InChI=1S/C22H32N2O8/c1-16-20(25)24-22(2,21(26)23-16)17-3-4-18-19(15-17)32-14-12-30-10-8-28-6-5-27-7-9-29-11-13-31-18/h3-4,15-16H,5-14H2,1-2H3,(H,23,26)(H,24,25)/t16-,22-/m0/s1. The topological polar surface area (TPSA) is 114 Å². The van der Waals surface area contributed by atoms with Gasteiger partial charge in [0.1, 0.15) is 24.8 Å². The molecule has 2 N–H and O–H groups in total. The Morgan fingerprint density at radius 2 is 1.28 bits per heavy atom. The second-order valence-electron chi connectivity index (χ2n) is 7.62. The van der Waals surface area contributed by atoms with Crippen LogP contribution in [-0.2, 0) is 34.1 Å². The minimum absolute atomic E-state index is 0.250. The first-order valence-corrected chi connectivity index (χ1v) is 10.8. The van der Waals surface area contributed by atoms with Crippen molar-refractivity contribution < 1.29 is 38.0 Å². The van der Waals surface area contributed by atoms with Crippen LogP contribution in [0, 0.1) is 0 Å². The molecule has 0 aliphatic carbocycles.